The summed E-state index contributed by atoms with van der Waals surface area (Å²) in [5.41, 5.74) is -3.23. The molecule has 0 atom stereocenters. The minimum atomic E-state index is -4.71. The summed E-state index contributed by atoms with van der Waals surface area (Å²) < 4.78 is 37.7. The first kappa shape index (κ1) is 14.5. The van der Waals surface area contributed by atoms with Crippen molar-refractivity contribution >= 4 is 0 Å². The number of aromatic nitrogens is 2. The van der Waals surface area contributed by atoms with E-state index in [-0.39, 0.29) is 6.54 Å². The minimum absolute atomic E-state index is 0.145. The van der Waals surface area contributed by atoms with Crippen LogP contribution in [0.3, 0.4) is 0 Å². The second kappa shape index (κ2) is 5.88. The highest BCUT2D eigenvalue weighted by molar-refractivity contribution is 5.03. The van der Waals surface area contributed by atoms with Gasteiger partial charge in [0.1, 0.15) is 5.69 Å². The Bertz CT molecular complexity index is 471. The number of unbranched alkanes of at least 4 members (excludes halogenated alkanes) is 3. The first-order valence-corrected chi connectivity index (χ1v) is 5.77. The molecule has 0 unspecified atom stereocenters. The van der Waals surface area contributed by atoms with Gasteiger partial charge in [0.2, 0.25) is 0 Å². The van der Waals surface area contributed by atoms with E-state index in [0.29, 0.717) is 12.5 Å². The Balaban J connectivity index is 2.89. The summed E-state index contributed by atoms with van der Waals surface area (Å²) in [7, 11) is 0. The molecule has 0 saturated carbocycles. The summed E-state index contributed by atoms with van der Waals surface area (Å²) in [6.07, 6.45) is -1.31. The number of alkyl halides is 3. The molecule has 0 bridgehead atoms. The first-order valence-electron chi connectivity index (χ1n) is 5.77. The van der Waals surface area contributed by atoms with E-state index < -0.39 is 23.1 Å². The van der Waals surface area contributed by atoms with E-state index in [9.17, 15) is 22.8 Å². The molecule has 0 fully saturated rings. The Labute approximate surface area is 101 Å². The Hall–Kier alpha value is -1.53. The predicted molar refractivity (Wildman–Crippen MR) is 60.5 cm³/mol. The molecular weight excluding hydrogens is 249 g/mol. The molecular formula is C11H15F3N2O2. The normalized spacial score (nSPS) is 11.8. The number of rotatable bonds is 5. The van der Waals surface area contributed by atoms with Crippen LogP contribution in [0.15, 0.2) is 15.7 Å². The van der Waals surface area contributed by atoms with Gasteiger partial charge in [0, 0.05) is 12.6 Å². The topological polar surface area (TPSA) is 54.9 Å². The molecule has 18 heavy (non-hydrogen) atoms. The minimum Gasteiger partial charge on any atom is -0.303 e. The lowest BCUT2D eigenvalue weighted by atomic mass is 10.2. The average molecular weight is 264 g/mol. The van der Waals surface area contributed by atoms with Gasteiger partial charge in [0.05, 0.1) is 0 Å². The van der Waals surface area contributed by atoms with Crippen LogP contribution in [0.4, 0.5) is 13.2 Å². The molecule has 0 aliphatic carbocycles. The third-order valence-corrected chi connectivity index (χ3v) is 2.56. The number of aromatic amines is 1. The highest BCUT2D eigenvalue weighted by Gasteiger charge is 2.32. The quantitative estimate of drug-likeness (QED) is 0.828. The van der Waals surface area contributed by atoms with Crippen molar-refractivity contribution in [1.82, 2.24) is 9.55 Å². The fraction of sp³-hybridized carbons (Fsp3) is 0.636. The highest BCUT2D eigenvalue weighted by atomic mass is 19.4. The summed E-state index contributed by atoms with van der Waals surface area (Å²) in [5, 5.41) is 0. The summed E-state index contributed by atoms with van der Waals surface area (Å²) in [5.74, 6) is 0. The molecule has 0 amide bonds. The smallest absolute Gasteiger partial charge is 0.303 e. The van der Waals surface area contributed by atoms with Gasteiger partial charge in [-0.25, -0.2) is 4.79 Å². The van der Waals surface area contributed by atoms with Gasteiger partial charge in [-0.05, 0) is 6.42 Å². The van der Waals surface area contributed by atoms with Crippen molar-refractivity contribution in [1.29, 1.82) is 0 Å². The molecule has 0 spiro atoms. The molecule has 1 N–H and O–H groups in total. The zero-order chi connectivity index (χ0) is 13.8. The van der Waals surface area contributed by atoms with Crippen LogP contribution in [0.5, 0.6) is 0 Å². The van der Waals surface area contributed by atoms with Crippen LogP contribution in [0, 0.1) is 0 Å². The standard InChI is InChI=1S/C11H15F3N2O2/c1-2-3-4-5-6-16-9(17)7-8(11(12,13)14)15-10(16)18/h7H,2-6H2,1H3,(H,15,18). The zero-order valence-corrected chi connectivity index (χ0v) is 10.0. The first-order chi connectivity index (χ1) is 8.36. The van der Waals surface area contributed by atoms with Gasteiger partial charge in [-0.2, -0.15) is 13.2 Å². The third-order valence-electron chi connectivity index (χ3n) is 2.56. The van der Waals surface area contributed by atoms with Crippen molar-refractivity contribution in [2.45, 2.75) is 45.3 Å². The molecule has 4 nitrogen and oxygen atoms in total. The summed E-state index contributed by atoms with van der Waals surface area (Å²) in [6.45, 7) is 2.16. The van der Waals surface area contributed by atoms with E-state index in [1.165, 1.54) is 0 Å². The van der Waals surface area contributed by atoms with E-state index in [0.717, 1.165) is 23.8 Å². The molecule has 7 heteroatoms. The number of nitrogens with zero attached hydrogens (tertiary/aromatic N) is 1. The molecule has 1 heterocycles. The van der Waals surface area contributed by atoms with Gasteiger partial charge in [-0.1, -0.05) is 26.2 Å². The Morgan fingerprint density at radius 3 is 2.39 bits per heavy atom. The lowest BCUT2D eigenvalue weighted by molar-refractivity contribution is -0.141. The Morgan fingerprint density at radius 2 is 1.89 bits per heavy atom. The Morgan fingerprint density at radius 1 is 1.22 bits per heavy atom. The van der Waals surface area contributed by atoms with Gasteiger partial charge in [0.25, 0.3) is 5.56 Å². The van der Waals surface area contributed by atoms with Crippen LogP contribution >= 0.6 is 0 Å². The number of halogens is 3. The predicted octanol–water partition coefficient (Wildman–Crippen LogP) is 2.14. The van der Waals surface area contributed by atoms with Crippen molar-refractivity contribution in [3.8, 4) is 0 Å². The number of hydrogen-bond acceptors (Lipinski definition) is 2. The Kier molecular flexibility index (Phi) is 4.75. The van der Waals surface area contributed by atoms with Crippen LogP contribution in [0.2, 0.25) is 0 Å². The number of nitrogens with one attached hydrogen (secondary N) is 1. The molecule has 0 aliphatic rings. The maximum absolute atomic E-state index is 12.3. The summed E-state index contributed by atoms with van der Waals surface area (Å²) >= 11 is 0. The van der Waals surface area contributed by atoms with Crippen molar-refractivity contribution < 1.29 is 13.2 Å². The zero-order valence-electron chi connectivity index (χ0n) is 10.0. The van der Waals surface area contributed by atoms with Crippen molar-refractivity contribution in [2.75, 3.05) is 0 Å². The van der Waals surface area contributed by atoms with Gasteiger partial charge in [0.15, 0.2) is 0 Å². The number of H-pyrrole nitrogens is 1. The third kappa shape index (κ3) is 3.75. The molecule has 0 aromatic carbocycles. The van der Waals surface area contributed by atoms with E-state index in [1.807, 2.05) is 6.92 Å². The largest absolute Gasteiger partial charge is 0.431 e. The molecule has 102 valence electrons. The van der Waals surface area contributed by atoms with Gasteiger partial charge in [-0.3, -0.25) is 9.36 Å². The summed E-state index contributed by atoms with van der Waals surface area (Å²) in [6, 6.07) is 0.418. The van der Waals surface area contributed by atoms with Crippen LogP contribution < -0.4 is 11.2 Å². The van der Waals surface area contributed by atoms with Gasteiger partial charge < -0.3 is 4.98 Å². The van der Waals surface area contributed by atoms with Gasteiger partial charge >= 0.3 is 11.9 Å². The van der Waals surface area contributed by atoms with E-state index in [1.54, 1.807) is 4.98 Å². The maximum Gasteiger partial charge on any atom is 0.431 e. The van der Waals surface area contributed by atoms with Crippen molar-refractivity contribution in [3.05, 3.63) is 32.6 Å². The lowest BCUT2D eigenvalue weighted by Crippen LogP contribution is -2.37. The van der Waals surface area contributed by atoms with Crippen molar-refractivity contribution in [3.63, 3.8) is 0 Å². The maximum atomic E-state index is 12.3. The second-order valence-corrected chi connectivity index (χ2v) is 4.04. The van der Waals surface area contributed by atoms with Crippen LogP contribution in [0.1, 0.15) is 38.3 Å². The SMILES string of the molecule is CCCCCCn1c(=O)cc(C(F)(F)F)[nH]c1=O. The second-order valence-electron chi connectivity index (χ2n) is 4.04. The van der Waals surface area contributed by atoms with Crippen molar-refractivity contribution in [2.24, 2.45) is 0 Å². The molecule has 0 radical (unpaired) electrons. The van der Waals surface area contributed by atoms with Crippen LogP contribution in [-0.2, 0) is 12.7 Å². The molecule has 1 aromatic rings. The van der Waals surface area contributed by atoms with E-state index >= 15 is 0 Å². The van der Waals surface area contributed by atoms with Gasteiger partial charge in [-0.15, -0.1) is 0 Å². The molecule has 1 rings (SSSR count). The molecule has 0 aliphatic heterocycles. The monoisotopic (exact) mass is 264 g/mol. The molecule has 0 saturated heterocycles. The van der Waals surface area contributed by atoms with E-state index in [2.05, 4.69) is 0 Å². The fourth-order valence-corrected chi connectivity index (χ4v) is 1.58. The van der Waals surface area contributed by atoms with E-state index in [4.69, 9.17) is 0 Å². The number of hydrogen-bond donors (Lipinski definition) is 1. The lowest BCUT2D eigenvalue weighted by Gasteiger charge is -2.08. The average Bonchev–Trinajstić information content (AvgIpc) is 2.25. The molecule has 1 aromatic heterocycles. The highest BCUT2D eigenvalue weighted by Crippen LogP contribution is 2.25. The summed E-state index contributed by atoms with van der Waals surface area (Å²) in [4.78, 5) is 24.5. The van der Waals surface area contributed by atoms with Crippen LogP contribution in [-0.4, -0.2) is 9.55 Å². The fourth-order valence-electron chi connectivity index (χ4n) is 1.58. The van der Waals surface area contributed by atoms with Crippen LogP contribution in [0.25, 0.3) is 0 Å².